The summed E-state index contributed by atoms with van der Waals surface area (Å²) >= 11 is 0. The second kappa shape index (κ2) is 2.14. The molecule has 0 aromatic carbocycles. The van der Waals surface area contributed by atoms with E-state index in [0.717, 1.165) is 0 Å². The van der Waals surface area contributed by atoms with Crippen LogP contribution in [-0.4, -0.2) is 28.2 Å². The predicted octanol–water partition coefficient (Wildman–Crippen LogP) is 0.313. The Hall–Kier alpha value is -0.750. The fourth-order valence-corrected chi connectivity index (χ4v) is 1.47. The molecule has 0 aromatic rings. The molecule has 1 heterocycles. The van der Waals surface area contributed by atoms with Crippen molar-refractivity contribution in [3.63, 3.8) is 0 Å². The summed E-state index contributed by atoms with van der Waals surface area (Å²) in [7, 11) is 0. The number of hydrogen-bond acceptors (Lipinski definition) is 3. The summed E-state index contributed by atoms with van der Waals surface area (Å²) in [4.78, 5) is 1.61. The van der Waals surface area contributed by atoms with Crippen LogP contribution < -0.4 is 0 Å². The highest BCUT2D eigenvalue weighted by Crippen LogP contribution is 2.24. The van der Waals surface area contributed by atoms with Crippen LogP contribution >= 0.6 is 0 Å². The Labute approximate surface area is 60.9 Å². The van der Waals surface area contributed by atoms with Crippen LogP contribution in [0.5, 0.6) is 0 Å². The van der Waals surface area contributed by atoms with Crippen molar-refractivity contribution >= 4 is 0 Å². The highest BCUT2D eigenvalue weighted by atomic mass is 16.3. The molecule has 3 nitrogen and oxygen atoms in total. The van der Waals surface area contributed by atoms with E-state index in [4.69, 9.17) is 5.26 Å². The van der Waals surface area contributed by atoms with E-state index >= 15 is 0 Å². The molecule has 1 aliphatic heterocycles. The Morgan fingerprint density at radius 2 is 2.40 bits per heavy atom. The normalized spacial score (nSPS) is 39.8. The lowest BCUT2D eigenvalue weighted by Crippen LogP contribution is -2.27. The van der Waals surface area contributed by atoms with Crippen LogP contribution in [-0.2, 0) is 0 Å². The fraction of sp³-hybridized carbons (Fsp3) is 0.857. The van der Waals surface area contributed by atoms with Crippen molar-refractivity contribution in [2.24, 2.45) is 0 Å². The minimum absolute atomic E-state index is 0.194. The minimum Gasteiger partial charge on any atom is -0.388 e. The molecule has 0 aliphatic carbocycles. The van der Waals surface area contributed by atoms with Crippen LogP contribution in [0, 0.1) is 11.5 Å². The Balaban J connectivity index is 2.63. The molecular formula is C7H12N2O. The zero-order chi connectivity index (χ0) is 7.78. The SMILES string of the molecule is C[C@@H]1C[C@](C)(O)CN1C#N. The molecule has 0 spiro atoms. The molecule has 1 N–H and O–H groups in total. The van der Waals surface area contributed by atoms with E-state index in [0.29, 0.717) is 13.0 Å². The van der Waals surface area contributed by atoms with Crippen molar-refractivity contribution in [3.8, 4) is 6.19 Å². The Bertz CT molecular complexity index is 171. The first-order valence-corrected chi connectivity index (χ1v) is 3.44. The van der Waals surface area contributed by atoms with Gasteiger partial charge in [-0.3, -0.25) is 0 Å². The van der Waals surface area contributed by atoms with Crippen LogP contribution in [0.1, 0.15) is 20.3 Å². The number of β-amino-alcohol motifs (C(OH)–C–C–N with tert-alkyl or cyclic N) is 1. The van der Waals surface area contributed by atoms with Crippen LogP contribution in [0.4, 0.5) is 0 Å². The average molecular weight is 140 g/mol. The standard InChI is InChI=1S/C7H12N2O/c1-6-3-7(2,10)4-9(6)5-8/h6,10H,3-4H2,1-2H3/t6-,7+/m1/s1. The summed E-state index contributed by atoms with van der Waals surface area (Å²) in [6, 6.07) is 0.194. The van der Waals surface area contributed by atoms with Crippen molar-refractivity contribution in [3.05, 3.63) is 0 Å². The van der Waals surface area contributed by atoms with Crippen molar-refractivity contribution < 1.29 is 5.11 Å². The number of nitrogens with zero attached hydrogens (tertiary/aromatic N) is 2. The Morgan fingerprint density at radius 3 is 2.60 bits per heavy atom. The van der Waals surface area contributed by atoms with E-state index in [1.54, 1.807) is 11.8 Å². The van der Waals surface area contributed by atoms with Crippen molar-refractivity contribution in [2.45, 2.75) is 31.9 Å². The van der Waals surface area contributed by atoms with Gasteiger partial charge in [0, 0.05) is 6.04 Å². The molecule has 0 aromatic heterocycles. The van der Waals surface area contributed by atoms with Gasteiger partial charge in [-0.25, -0.2) is 0 Å². The largest absolute Gasteiger partial charge is 0.388 e. The third-order valence-electron chi connectivity index (χ3n) is 1.91. The first kappa shape index (κ1) is 7.36. The number of hydrogen-bond donors (Lipinski definition) is 1. The van der Waals surface area contributed by atoms with Gasteiger partial charge >= 0.3 is 0 Å². The summed E-state index contributed by atoms with van der Waals surface area (Å²) in [5.74, 6) is 0. The molecule has 56 valence electrons. The molecule has 0 saturated carbocycles. The molecule has 1 aliphatic rings. The molecule has 1 rings (SSSR count). The second-order valence-electron chi connectivity index (χ2n) is 3.28. The third-order valence-corrected chi connectivity index (χ3v) is 1.91. The summed E-state index contributed by atoms with van der Waals surface area (Å²) in [5.41, 5.74) is -0.658. The quantitative estimate of drug-likeness (QED) is 0.493. The van der Waals surface area contributed by atoms with Crippen molar-refractivity contribution in [2.75, 3.05) is 6.54 Å². The molecule has 0 amide bonds. The Morgan fingerprint density at radius 1 is 1.80 bits per heavy atom. The highest BCUT2D eigenvalue weighted by molar-refractivity contribution is 4.96. The minimum atomic E-state index is -0.658. The van der Waals surface area contributed by atoms with E-state index in [-0.39, 0.29) is 6.04 Å². The van der Waals surface area contributed by atoms with Crippen LogP contribution in [0.2, 0.25) is 0 Å². The molecule has 0 bridgehead atoms. The van der Waals surface area contributed by atoms with Gasteiger partial charge in [-0.1, -0.05) is 0 Å². The lowest BCUT2D eigenvalue weighted by atomic mass is 10.0. The average Bonchev–Trinajstić information content (AvgIpc) is 2.05. The lowest BCUT2D eigenvalue weighted by Gasteiger charge is -2.13. The van der Waals surface area contributed by atoms with Gasteiger partial charge in [0.15, 0.2) is 6.19 Å². The topological polar surface area (TPSA) is 47.3 Å². The van der Waals surface area contributed by atoms with Gasteiger partial charge in [0.1, 0.15) is 0 Å². The van der Waals surface area contributed by atoms with Gasteiger partial charge < -0.3 is 10.0 Å². The van der Waals surface area contributed by atoms with Gasteiger partial charge in [0.05, 0.1) is 12.1 Å². The van der Waals surface area contributed by atoms with Crippen LogP contribution in [0.25, 0.3) is 0 Å². The molecule has 10 heavy (non-hydrogen) atoms. The van der Waals surface area contributed by atoms with E-state index in [2.05, 4.69) is 0 Å². The van der Waals surface area contributed by atoms with E-state index in [1.165, 1.54) is 0 Å². The van der Waals surface area contributed by atoms with E-state index in [1.807, 2.05) is 13.1 Å². The van der Waals surface area contributed by atoms with Crippen LogP contribution in [0.3, 0.4) is 0 Å². The number of rotatable bonds is 0. The smallest absolute Gasteiger partial charge is 0.179 e. The Kier molecular flexibility index (Phi) is 1.57. The first-order valence-electron chi connectivity index (χ1n) is 3.44. The fourth-order valence-electron chi connectivity index (χ4n) is 1.47. The summed E-state index contributed by atoms with van der Waals surface area (Å²) in [5, 5.41) is 18.0. The monoisotopic (exact) mass is 140 g/mol. The number of aliphatic hydroxyl groups is 1. The molecule has 2 atom stereocenters. The summed E-state index contributed by atoms with van der Waals surface area (Å²) < 4.78 is 0. The maximum absolute atomic E-state index is 9.47. The van der Waals surface area contributed by atoms with Crippen molar-refractivity contribution in [1.29, 1.82) is 5.26 Å². The zero-order valence-corrected chi connectivity index (χ0v) is 6.33. The van der Waals surface area contributed by atoms with E-state index in [9.17, 15) is 5.11 Å². The van der Waals surface area contributed by atoms with Crippen molar-refractivity contribution in [1.82, 2.24) is 4.90 Å². The van der Waals surface area contributed by atoms with Gasteiger partial charge in [-0.2, -0.15) is 5.26 Å². The molecule has 1 fully saturated rings. The van der Waals surface area contributed by atoms with Crippen LogP contribution in [0.15, 0.2) is 0 Å². The maximum atomic E-state index is 9.47. The third kappa shape index (κ3) is 1.22. The molecule has 1 saturated heterocycles. The van der Waals surface area contributed by atoms with Gasteiger partial charge in [-0.05, 0) is 20.3 Å². The van der Waals surface area contributed by atoms with Gasteiger partial charge in [0.2, 0.25) is 0 Å². The lowest BCUT2D eigenvalue weighted by molar-refractivity contribution is 0.0739. The summed E-state index contributed by atoms with van der Waals surface area (Å²) in [6.07, 6.45) is 2.74. The molecule has 3 heteroatoms. The summed E-state index contributed by atoms with van der Waals surface area (Å²) in [6.45, 7) is 4.19. The number of likely N-dealkylation sites (tertiary alicyclic amines) is 1. The highest BCUT2D eigenvalue weighted by Gasteiger charge is 2.36. The molecule has 0 radical (unpaired) electrons. The molecule has 0 unspecified atom stereocenters. The molecular weight excluding hydrogens is 128 g/mol. The predicted molar refractivity (Wildman–Crippen MR) is 37.0 cm³/mol. The first-order chi connectivity index (χ1) is 4.55. The van der Waals surface area contributed by atoms with Gasteiger partial charge in [-0.15, -0.1) is 0 Å². The zero-order valence-electron chi connectivity index (χ0n) is 6.33. The maximum Gasteiger partial charge on any atom is 0.179 e. The number of nitriles is 1. The van der Waals surface area contributed by atoms with E-state index < -0.39 is 5.60 Å². The second-order valence-corrected chi connectivity index (χ2v) is 3.28. The van der Waals surface area contributed by atoms with Gasteiger partial charge in [0.25, 0.3) is 0 Å².